The third kappa shape index (κ3) is 2.53. The largest absolute Gasteiger partial charge is 0.382 e. The second kappa shape index (κ2) is 5.46. The lowest BCUT2D eigenvalue weighted by Gasteiger charge is -2.17. The van der Waals surface area contributed by atoms with Gasteiger partial charge in [0.15, 0.2) is 11.6 Å². The first-order valence-corrected chi connectivity index (χ1v) is 6.26. The van der Waals surface area contributed by atoms with Gasteiger partial charge in [0.05, 0.1) is 16.9 Å². The second-order valence-corrected chi connectivity index (χ2v) is 5.01. The van der Waals surface area contributed by atoms with Crippen molar-refractivity contribution in [2.75, 3.05) is 0 Å². The Morgan fingerprint density at radius 1 is 1.15 bits per heavy atom. The maximum atomic E-state index is 13.7. The number of halogens is 4. The molecule has 0 bridgehead atoms. The number of hydrogen-bond donors (Lipinski definition) is 1. The van der Waals surface area contributed by atoms with E-state index in [2.05, 4.69) is 5.10 Å². The van der Waals surface area contributed by atoms with E-state index in [9.17, 15) is 18.3 Å². The highest BCUT2D eigenvalue weighted by Gasteiger charge is 2.25. The van der Waals surface area contributed by atoms with Crippen LogP contribution in [0.1, 0.15) is 37.3 Å². The fraction of sp³-hybridized carbons (Fsp3) is 0.308. The van der Waals surface area contributed by atoms with E-state index >= 15 is 0 Å². The average molecular weight is 305 g/mol. The van der Waals surface area contributed by atoms with Crippen molar-refractivity contribution >= 4 is 11.6 Å². The molecule has 2 aromatic rings. The van der Waals surface area contributed by atoms with Gasteiger partial charge >= 0.3 is 0 Å². The highest BCUT2D eigenvalue weighted by molar-refractivity contribution is 6.31. The number of benzene rings is 1. The Hall–Kier alpha value is -1.53. The molecule has 1 N–H and O–H groups in total. The molecule has 0 aliphatic carbocycles. The SMILES string of the molecule is CC(C)n1ncc(Cl)c1C(O)c1cc(F)c(F)cc1F. The molecule has 7 heteroatoms. The van der Waals surface area contributed by atoms with E-state index in [4.69, 9.17) is 11.6 Å². The van der Waals surface area contributed by atoms with Crippen LogP contribution < -0.4 is 0 Å². The minimum absolute atomic E-state index is 0.121. The lowest BCUT2D eigenvalue weighted by molar-refractivity contribution is 0.199. The molecule has 0 saturated carbocycles. The van der Waals surface area contributed by atoms with Crippen LogP contribution >= 0.6 is 11.6 Å². The van der Waals surface area contributed by atoms with Gasteiger partial charge in [0.1, 0.15) is 11.9 Å². The summed E-state index contributed by atoms with van der Waals surface area (Å²) in [6.45, 7) is 3.59. The topological polar surface area (TPSA) is 38.0 Å². The summed E-state index contributed by atoms with van der Waals surface area (Å²) < 4.78 is 41.2. The van der Waals surface area contributed by atoms with Gasteiger partial charge in [-0.15, -0.1) is 0 Å². The van der Waals surface area contributed by atoms with Gasteiger partial charge < -0.3 is 5.11 Å². The molecule has 0 saturated heterocycles. The Bertz CT molecular complexity index is 643. The van der Waals surface area contributed by atoms with E-state index in [0.29, 0.717) is 12.1 Å². The van der Waals surface area contributed by atoms with Gasteiger partial charge in [0.2, 0.25) is 0 Å². The molecule has 1 heterocycles. The zero-order chi connectivity index (χ0) is 15.0. The summed E-state index contributed by atoms with van der Waals surface area (Å²) in [6.07, 6.45) is -0.236. The highest BCUT2D eigenvalue weighted by atomic mass is 35.5. The highest BCUT2D eigenvalue weighted by Crippen LogP contribution is 2.32. The standard InChI is InChI=1S/C13H12ClF3N2O/c1-6(2)19-12(8(14)5-18-19)13(20)7-3-10(16)11(17)4-9(7)15/h3-6,13,20H,1-2H3. The van der Waals surface area contributed by atoms with Crippen LogP contribution in [0.2, 0.25) is 5.02 Å². The van der Waals surface area contributed by atoms with Gasteiger partial charge in [0.25, 0.3) is 0 Å². The molecule has 0 aliphatic heterocycles. The summed E-state index contributed by atoms with van der Waals surface area (Å²) in [4.78, 5) is 0. The second-order valence-electron chi connectivity index (χ2n) is 4.61. The molecule has 1 aromatic carbocycles. The zero-order valence-electron chi connectivity index (χ0n) is 10.7. The van der Waals surface area contributed by atoms with E-state index < -0.39 is 29.1 Å². The van der Waals surface area contributed by atoms with Crippen molar-refractivity contribution in [3.8, 4) is 0 Å². The molecule has 2 rings (SSSR count). The summed E-state index contributed by atoms with van der Waals surface area (Å²) in [5.74, 6) is -3.61. The summed E-state index contributed by atoms with van der Waals surface area (Å²) in [6, 6.07) is 0.863. The molecule has 0 fully saturated rings. The molecule has 0 radical (unpaired) electrons. The van der Waals surface area contributed by atoms with Crippen molar-refractivity contribution in [3.63, 3.8) is 0 Å². The smallest absolute Gasteiger partial charge is 0.161 e. The fourth-order valence-electron chi connectivity index (χ4n) is 1.91. The van der Waals surface area contributed by atoms with E-state index in [0.717, 1.165) is 0 Å². The van der Waals surface area contributed by atoms with Crippen molar-refractivity contribution < 1.29 is 18.3 Å². The van der Waals surface area contributed by atoms with Crippen LogP contribution in [0.25, 0.3) is 0 Å². The molecule has 20 heavy (non-hydrogen) atoms. The summed E-state index contributed by atoms with van der Waals surface area (Å²) in [5.41, 5.74) is -0.264. The summed E-state index contributed by atoms with van der Waals surface area (Å²) in [5, 5.41) is 14.3. The molecule has 0 spiro atoms. The van der Waals surface area contributed by atoms with Gasteiger partial charge in [-0.2, -0.15) is 5.10 Å². The quantitative estimate of drug-likeness (QED) is 0.880. The van der Waals surface area contributed by atoms with Crippen LogP contribution in [0, 0.1) is 17.5 Å². The first-order chi connectivity index (χ1) is 9.32. The van der Waals surface area contributed by atoms with Crippen molar-refractivity contribution in [1.29, 1.82) is 0 Å². The summed E-state index contributed by atoms with van der Waals surface area (Å²) in [7, 11) is 0. The number of aliphatic hydroxyl groups is 1. The third-order valence-corrected chi connectivity index (χ3v) is 3.16. The molecular weight excluding hydrogens is 293 g/mol. The molecule has 108 valence electrons. The van der Waals surface area contributed by atoms with Crippen LogP contribution in [0.15, 0.2) is 18.3 Å². The first-order valence-electron chi connectivity index (χ1n) is 5.88. The van der Waals surface area contributed by atoms with Crippen molar-refractivity contribution in [2.24, 2.45) is 0 Å². The van der Waals surface area contributed by atoms with Crippen molar-refractivity contribution in [3.05, 3.63) is 52.1 Å². The fourth-order valence-corrected chi connectivity index (χ4v) is 2.15. The van der Waals surface area contributed by atoms with Gasteiger partial charge in [-0.25, -0.2) is 13.2 Å². The van der Waals surface area contributed by atoms with Crippen LogP contribution in [-0.2, 0) is 0 Å². The minimum Gasteiger partial charge on any atom is -0.382 e. The number of hydrogen-bond acceptors (Lipinski definition) is 2. The molecule has 0 aliphatic rings. The third-order valence-electron chi connectivity index (χ3n) is 2.87. The van der Waals surface area contributed by atoms with E-state index in [1.165, 1.54) is 10.9 Å². The van der Waals surface area contributed by atoms with E-state index in [1.807, 2.05) is 0 Å². The molecule has 1 unspecified atom stereocenters. The Morgan fingerprint density at radius 2 is 1.75 bits per heavy atom. The Kier molecular flexibility index (Phi) is 4.06. The van der Waals surface area contributed by atoms with E-state index in [-0.39, 0.29) is 16.8 Å². The number of nitrogens with zero attached hydrogens (tertiary/aromatic N) is 2. The maximum Gasteiger partial charge on any atom is 0.161 e. The predicted molar refractivity (Wildman–Crippen MR) is 68.0 cm³/mol. The number of aliphatic hydroxyl groups excluding tert-OH is 1. The van der Waals surface area contributed by atoms with Gasteiger partial charge in [-0.1, -0.05) is 11.6 Å². The van der Waals surface area contributed by atoms with Gasteiger partial charge in [-0.3, -0.25) is 4.68 Å². The molecule has 1 aromatic heterocycles. The Balaban J connectivity index is 2.54. The monoisotopic (exact) mass is 304 g/mol. The maximum absolute atomic E-state index is 13.7. The average Bonchev–Trinajstić information content (AvgIpc) is 2.75. The molecule has 0 amide bonds. The Labute approximate surface area is 118 Å². The Morgan fingerprint density at radius 3 is 2.35 bits per heavy atom. The van der Waals surface area contributed by atoms with Gasteiger partial charge in [-0.05, 0) is 19.9 Å². The van der Waals surface area contributed by atoms with Crippen LogP contribution in [-0.4, -0.2) is 14.9 Å². The predicted octanol–water partition coefficient (Wildman–Crippen LogP) is 3.62. The van der Waals surface area contributed by atoms with Crippen LogP contribution in [0.5, 0.6) is 0 Å². The number of aromatic nitrogens is 2. The molecule has 3 nitrogen and oxygen atoms in total. The van der Waals surface area contributed by atoms with E-state index in [1.54, 1.807) is 13.8 Å². The van der Waals surface area contributed by atoms with Crippen LogP contribution in [0.4, 0.5) is 13.2 Å². The normalized spacial score (nSPS) is 13.0. The van der Waals surface area contributed by atoms with Crippen molar-refractivity contribution in [1.82, 2.24) is 9.78 Å². The molecule has 1 atom stereocenters. The van der Waals surface area contributed by atoms with Gasteiger partial charge in [0, 0.05) is 17.7 Å². The van der Waals surface area contributed by atoms with Crippen LogP contribution in [0.3, 0.4) is 0 Å². The molecular formula is C13H12ClF3N2O. The lowest BCUT2D eigenvalue weighted by atomic mass is 10.0. The first kappa shape index (κ1) is 14.9. The zero-order valence-corrected chi connectivity index (χ0v) is 11.5. The summed E-state index contributed by atoms with van der Waals surface area (Å²) >= 11 is 5.92. The lowest BCUT2D eigenvalue weighted by Crippen LogP contribution is -2.14. The number of rotatable bonds is 3. The minimum atomic E-state index is -1.54. The van der Waals surface area contributed by atoms with Crippen molar-refractivity contribution in [2.45, 2.75) is 26.0 Å².